The molecule has 1 saturated heterocycles. The van der Waals surface area contributed by atoms with Crippen LogP contribution in [0.1, 0.15) is 18.1 Å². The molecule has 156 valence electrons. The van der Waals surface area contributed by atoms with E-state index in [2.05, 4.69) is 64.1 Å². The lowest BCUT2D eigenvalue weighted by atomic mass is 10.1. The Morgan fingerprint density at radius 2 is 2.03 bits per heavy atom. The number of anilines is 1. The van der Waals surface area contributed by atoms with E-state index in [1.807, 2.05) is 18.2 Å². The van der Waals surface area contributed by atoms with Crippen molar-refractivity contribution in [2.45, 2.75) is 20.4 Å². The van der Waals surface area contributed by atoms with E-state index in [0.29, 0.717) is 24.8 Å². The first-order valence-electron chi connectivity index (χ1n) is 10.2. The minimum absolute atomic E-state index is 0.530. The molecule has 0 radical (unpaired) electrons. The Bertz CT molecular complexity index is 806. The number of likely N-dealkylation sites (N-methyl/N-ethyl adjacent to an activating group) is 1. The summed E-state index contributed by atoms with van der Waals surface area (Å²) in [5, 5.41) is 8.73. The third-order valence-corrected chi connectivity index (χ3v) is 4.92. The Balaban J connectivity index is 1.72. The lowest BCUT2D eigenvalue weighted by molar-refractivity contribution is 0.122. The van der Waals surface area contributed by atoms with Crippen LogP contribution in [0.25, 0.3) is 0 Å². The number of aromatic nitrogens is 1. The standard InChI is InChI=1S/C22H31N5O2/c1-4-26(3)8-13-29-22-16-20(27-9-11-28-12-10-27)15-21(24-22)25-23-17-19-7-5-6-18(2)14-19/h5-7,14-16H,4,8-13,17H2,1-3H3. The monoisotopic (exact) mass is 397 g/mol. The number of hydrogen-bond donors (Lipinski definition) is 0. The third-order valence-electron chi connectivity index (χ3n) is 4.92. The number of morpholine rings is 1. The smallest absolute Gasteiger partial charge is 0.217 e. The van der Waals surface area contributed by atoms with Crippen molar-refractivity contribution in [3.63, 3.8) is 0 Å². The summed E-state index contributed by atoms with van der Waals surface area (Å²) >= 11 is 0. The fourth-order valence-corrected chi connectivity index (χ4v) is 3.07. The molecule has 1 aromatic heterocycles. The minimum Gasteiger partial charge on any atom is -0.476 e. The fraction of sp³-hybridized carbons (Fsp3) is 0.500. The quantitative estimate of drug-likeness (QED) is 0.602. The highest BCUT2D eigenvalue weighted by Crippen LogP contribution is 2.26. The van der Waals surface area contributed by atoms with E-state index >= 15 is 0 Å². The zero-order valence-electron chi connectivity index (χ0n) is 17.7. The average Bonchev–Trinajstić information content (AvgIpc) is 2.74. The zero-order valence-corrected chi connectivity index (χ0v) is 17.7. The van der Waals surface area contributed by atoms with Gasteiger partial charge in [0.25, 0.3) is 0 Å². The molecule has 0 atom stereocenters. The van der Waals surface area contributed by atoms with E-state index in [0.717, 1.165) is 50.6 Å². The van der Waals surface area contributed by atoms with Gasteiger partial charge in [0.1, 0.15) is 6.61 Å². The molecule has 1 aliphatic rings. The second kappa shape index (κ2) is 10.9. The summed E-state index contributed by atoms with van der Waals surface area (Å²) in [4.78, 5) is 9.02. The molecule has 0 saturated carbocycles. The Hall–Kier alpha value is -2.51. The molecule has 2 aromatic rings. The number of hydrogen-bond acceptors (Lipinski definition) is 7. The van der Waals surface area contributed by atoms with E-state index < -0.39 is 0 Å². The van der Waals surface area contributed by atoms with Crippen LogP contribution in [0.5, 0.6) is 5.88 Å². The van der Waals surface area contributed by atoms with Crippen LogP contribution in [0.15, 0.2) is 46.6 Å². The molecule has 3 rings (SSSR count). The van der Waals surface area contributed by atoms with Gasteiger partial charge in [0, 0.05) is 37.5 Å². The molecular formula is C22H31N5O2. The molecule has 0 unspecified atom stereocenters. The molecule has 0 spiro atoms. The lowest BCUT2D eigenvalue weighted by Gasteiger charge is -2.29. The van der Waals surface area contributed by atoms with Crippen molar-refractivity contribution < 1.29 is 9.47 Å². The molecule has 0 amide bonds. The molecule has 29 heavy (non-hydrogen) atoms. The molecule has 1 aromatic carbocycles. The van der Waals surface area contributed by atoms with Crippen molar-refractivity contribution in [2.24, 2.45) is 10.2 Å². The largest absolute Gasteiger partial charge is 0.476 e. The van der Waals surface area contributed by atoms with Gasteiger partial charge in [-0.3, -0.25) is 0 Å². The zero-order chi connectivity index (χ0) is 20.5. The first-order chi connectivity index (χ1) is 14.1. The Kier molecular flexibility index (Phi) is 7.95. The van der Waals surface area contributed by atoms with Crippen LogP contribution < -0.4 is 9.64 Å². The van der Waals surface area contributed by atoms with Crippen LogP contribution >= 0.6 is 0 Å². The topological polar surface area (TPSA) is 62.5 Å². The highest BCUT2D eigenvalue weighted by Gasteiger charge is 2.14. The van der Waals surface area contributed by atoms with E-state index in [-0.39, 0.29) is 0 Å². The van der Waals surface area contributed by atoms with Gasteiger partial charge >= 0.3 is 0 Å². The summed E-state index contributed by atoms with van der Waals surface area (Å²) in [5.41, 5.74) is 3.40. The molecule has 7 nitrogen and oxygen atoms in total. The number of benzene rings is 1. The van der Waals surface area contributed by atoms with Crippen LogP contribution in [0.3, 0.4) is 0 Å². The summed E-state index contributed by atoms with van der Waals surface area (Å²) in [5.74, 6) is 1.16. The maximum absolute atomic E-state index is 5.92. The predicted octanol–water partition coefficient (Wildman–Crippen LogP) is 3.84. The van der Waals surface area contributed by atoms with Crippen LogP contribution in [0.4, 0.5) is 11.5 Å². The Morgan fingerprint density at radius 1 is 1.21 bits per heavy atom. The maximum Gasteiger partial charge on any atom is 0.217 e. The van der Waals surface area contributed by atoms with Gasteiger partial charge in [0.2, 0.25) is 5.88 Å². The van der Waals surface area contributed by atoms with Gasteiger partial charge in [0.05, 0.1) is 19.8 Å². The third kappa shape index (κ3) is 6.80. The van der Waals surface area contributed by atoms with Gasteiger partial charge in [-0.1, -0.05) is 36.8 Å². The summed E-state index contributed by atoms with van der Waals surface area (Å²) in [6, 6.07) is 12.2. The van der Waals surface area contributed by atoms with Crippen LogP contribution in [-0.4, -0.2) is 62.9 Å². The number of pyridine rings is 1. The maximum atomic E-state index is 5.92. The summed E-state index contributed by atoms with van der Waals surface area (Å²) < 4.78 is 11.4. The number of aryl methyl sites for hydroxylation is 1. The highest BCUT2D eigenvalue weighted by molar-refractivity contribution is 5.55. The van der Waals surface area contributed by atoms with E-state index in [9.17, 15) is 0 Å². The first kappa shape index (κ1) is 21.2. The minimum atomic E-state index is 0.530. The average molecular weight is 398 g/mol. The van der Waals surface area contributed by atoms with Crippen molar-refractivity contribution in [1.82, 2.24) is 9.88 Å². The van der Waals surface area contributed by atoms with Gasteiger partial charge in [0.15, 0.2) is 5.82 Å². The van der Waals surface area contributed by atoms with Crippen LogP contribution in [-0.2, 0) is 11.3 Å². The molecule has 1 fully saturated rings. The van der Waals surface area contributed by atoms with Gasteiger partial charge in [-0.15, -0.1) is 5.11 Å². The van der Waals surface area contributed by atoms with Gasteiger partial charge in [-0.2, -0.15) is 10.1 Å². The Labute approximate surface area is 173 Å². The summed E-state index contributed by atoms with van der Waals surface area (Å²) in [6.07, 6.45) is 0. The second-order valence-corrected chi connectivity index (χ2v) is 7.25. The Morgan fingerprint density at radius 3 is 2.79 bits per heavy atom. The summed E-state index contributed by atoms with van der Waals surface area (Å²) in [7, 11) is 2.08. The van der Waals surface area contributed by atoms with Gasteiger partial charge in [-0.25, -0.2) is 0 Å². The van der Waals surface area contributed by atoms with Crippen molar-refractivity contribution >= 4 is 11.5 Å². The predicted molar refractivity (Wildman–Crippen MR) is 115 cm³/mol. The second-order valence-electron chi connectivity index (χ2n) is 7.25. The molecule has 0 bridgehead atoms. The van der Waals surface area contributed by atoms with Gasteiger partial charge in [-0.05, 0) is 26.1 Å². The summed E-state index contributed by atoms with van der Waals surface area (Å²) in [6.45, 7) is 10.3. The van der Waals surface area contributed by atoms with Crippen molar-refractivity contribution in [3.8, 4) is 5.88 Å². The van der Waals surface area contributed by atoms with Crippen LogP contribution in [0.2, 0.25) is 0 Å². The SMILES string of the molecule is CCN(C)CCOc1cc(N2CCOCC2)cc(N=NCc2cccc(C)c2)n1. The fourth-order valence-electron chi connectivity index (χ4n) is 3.07. The molecular weight excluding hydrogens is 366 g/mol. The van der Waals surface area contributed by atoms with E-state index in [1.54, 1.807) is 0 Å². The first-order valence-corrected chi connectivity index (χ1v) is 10.2. The highest BCUT2D eigenvalue weighted by atomic mass is 16.5. The normalized spacial score (nSPS) is 14.7. The van der Waals surface area contributed by atoms with Gasteiger partial charge < -0.3 is 19.3 Å². The molecule has 0 aliphatic carbocycles. The molecule has 2 heterocycles. The molecule has 1 aliphatic heterocycles. The molecule has 7 heteroatoms. The number of nitrogens with zero attached hydrogens (tertiary/aromatic N) is 5. The number of ether oxygens (including phenoxy) is 2. The number of azo groups is 1. The van der Waals surface area contributed by atoms with Crippen LogP contribution in [0, 0.1) is 6.92 Å². The van der Waals surface area contributed by atoms with Crippen molar-refractivity contribution in [1.29, 1.82) is 0 Å². The van der Waals surface area contributed by atoms with E-state index in [4.69, 9.17) is 9.47 Å². The van der Waals surface area contributed by atoms with Crippen molar-refractivity contribution in [3.05, 3.63) is 47.5 Å². The van der Waals surface area contributed by atoms with E-state index in [1.165, 1.54) is 5.56 Å². The van der Waals surface area contributed by atoms with Crippen molar-refractivity contribution in [2.75, 3.05) is 57.9 Å². The molecule has 0 N–H and O–H groups in total. The lowest BCUT2D eigenvalue weighted by Crippen LogP contribution is -2.36. The number of rotatable bonds is 9.